The van der Waals surface area contributed by atoms with Crippen LogP contribution in [-0.2, 0) is 9.88 Å². The normalized spacial score (nSPS) is 8.40. The van der Waals surface area contributed by atoms with Gasteiger partial charge in [0.1, 0.15) is 0 Å². The Labute approximate surface area is 30.6 Å². The van der Waals surface area contributed by atoms with Crippen molar-refractivity contribution in [1.82, 2.24) is 0 Å². The van der Waals surface area contributed by atoms with E-state index in [-0.39, 0.29) is 0 Å². The van der Waals surface area contributed by atoms with E-state index < -0.39 is 0 Å². The average molecular weight is 77.1 g/mol. The van der Waals surface area contributed by atoms with Crippen LogP contribution < -0.4 is 5.90 Å². The molecule has 3 nitrogen and oxygen atoms in total. The molecule has 0 unspecified atom stereocenters. The zero-order valence-electron chi connectivity index (χ0n) is 3.10. The predicted octanol–water partition coefficient (Wildman–Crippen LogP) is -0.172. The van der Waals surface area contributed by atoms with Crippen LogP contribution in [-0.4, -0.2) is 6.61 Å². The largest absolute Gasteiger partial charge is 0.219 e. The van der Waals surface area contributed by atoms with Gasteiger partial charge in [-0.15, -0.1) is 4.99 Å². The summed E-state index contributed by atoms with van der Waals surface area (Å²) in [4.78, 5) is 7.80. The summed E-state index contributed by atoms with van der Waals surface area (Å²) in [7, 11) is 0. The zero-order chi connectivity index (χ0) is 4.12. The van der Waals surface area contributed by atoms with Gasteiger partial charge in [0.2, 0.25) is 0 Å². The van der Waals surface area contributed by atoms with E-state index in [1.54, 1.807) is 6.92 Å². The van der Waals surface area contributed by atoms with E-state index in [2.05, 4.69) is 15.8 Å². The maximum absolute atomic E-state index is 4.42. The molecule has 32 valence electrons. The maximum atomic E-state index is 4.42. The molecular formula is C2H7NO2. The fraction of sp³-hybridized carbons (Fsp3) is 1.00. The second-order valence-electron chi connectivity index (χ2n) is 0.503. The Morgan fingerprint density at radius 2 is 2.40 bits per heavy atom. The molecule has 0 aliphatic heterocycles. The van der Waals surface area contributed by atoms with Crippen LogP contribution in [0.4, 0.5) is 0 Å². The Hall–Kier alpha value is -0.120. The minimum Gasteiger partial charge on any atom is -0.219 e. The molecule has 0 fully saturated rings. The molecule has 0 atom stereocenters. The fourth-order valence-electron chi connectivity index (χ4n) is 0.0680. The van der Waals surface area contributed by atoms with Gasteiger partial charge in [-0.2, -0.15) is 5.90 Å². The highest BCUT2D eigenvalue weighted by atomic mass is 17.3. The van der Waals surface area contributed by atoms with E-state index in [0.29, 0.717) is 6.61 Å². The molecule has 0 rings (SSSR count). The van der Waals surface area contributed by atoms with Crippen molar-refractivity contribution in [3.8, 4) is 0 Å². The number of hydrogen-bond donors (Lipinski definition) is 1. The van der Waals surface area contributed by atoms with Crippen LogP contribution in [0.2, 0.25) is 0 Å². The maximum Gasteiger partial charge on any atom is 0.0814 e. The smallest absolute Gasteiger partial charge is 0.0814 e. The van der Waals surface area contributed by atoms with Gasteiger partial charge in [-0.3, -0.25) is 0 Å². The van der Waals surface area contributed by atoms with E-state index in [9.17, 15) is 0 Å². The summed E-state index contributed by atoms with van der Waals surface area (Å²) < 4.78 is 0. The number of rotatable bonds is 2. The molecule has 0 amide bonds. The first-order valence-electron chi connectivity index (χ1n) is 1.40. The summed E-state index contributed by atoms with van der Waals surface area (Å²) in [5.74, 6) is 4.42. The summed E-state index contributed by atoms with van der Waals surface area (Å²) >= 11 is 0. The zero-order valence-corrected chi connectivity index (χ0v) is 3.10. The van der Waals surface area contributed by atoms with Crippen molar-refractivity contribution in [3.63, 3.8) is 0 Å². The molecule has 0 aromatic carbocycles. The van der Waals surface area contributed by atoms with Gasteiger partial charge in [0.25, 0.3) is 0 Å². The first kappa shape index (κ1) is 4.88. The molecule has 0 bridgehead atoms. The first-order valence-corrected chi connectivity index (χ1v) is 1.40. The van der Waals surface area contributed by atoms with Gasteiger partial charge in [-0.1, -0.05) is 0 Å². The average Bonchev–Trinajstić information content (AvgIpc) is 1.41. The molecule has 0 saturated carbocycles. The Balaban J connectivity index is 2.19. The van der Waals surface area contributed by atoms with Crippen LogP contribution in [0.1, 0.15) is 6.92 Å². The minimum atomic E-state index is 0.497. The number of nitrogens with two attached hydrogens (primary N) is 1. The molecule has 0 saturated heterocycles. The molecule has 0 aromatic heterocycles. The van der Waals surface area contributed by atoms with E-state index in [1.807, 2.05) is 0 Å². The van der Waals surface area contributed by atoms with Crippen molar-refractivity contribution in [3.05, 3.63) is 0 Å². The van der Waals surface area contributed by atoms with E-state index >= 15 is 0 Å². The SMILES string of the molecule is CCOON. The molecule has 2 N–H and O–H groups in total. The molecule has 0 radical (unpaired) electrons. The minimum absolute atomic E-state index is 0.497. The molecule has 0 aromatic rings. The van der Waals surface area contributed by atoms with Gasteiger partial charge < -0.3 is 0 Å². The van der Waals surface area contributed by atoms with Gasteiger partial charge in [0, 0.05) is 0 Å². The van der Waals surface area contributed by atoms with Crippen molar-refractivity contribution in [1.29, 1.82) is 0 Å². The van der Waals surface area contributed by atoms with Gasteiger partial charge in [-0.05, 0) is 6.92 Å². The van der Waals surface area contributed by atoms with Crippen LogP contribution in [0, 0.1) is 0 Å². The van der Waals surface area contributed by atoms with E-state index in [1.165, 1.54) is 0 Å². The third kappa shape index (κ3) is 3.88. The second-order valence-corrected chi connectivity index (χ2v) is 0.503. The predicted molar refractivity (Wildman–Crippen MR) is 16.9 cm³/mol. The lowest BCUT2D eigenvalue weighted by Gasteiger charge is -1.85. The second kappa shape index (κ2) is 3.88. The van der Waals surface area contributed by atoms with Crippen LogP contribution in [0.15, 0.2) is 0 Å². The Morgan fingerprint density at radius 1 is 1.80 bits per heavy atom. The third-order valence-corrected chi connectivity index (χ3v) is 0.186. The molecule has 0 aliphatic rings. The Kier molecular flexibility index (Phi) is 3.79. The molecule has 3 heteroatoms. The monoisotopic (exact) mass is 77.0 g/mol. The van der Waals surface area contributed by atoms with Crippen molar-refractivity contribution in [2.45, 2.75) is 6.92 Å². The summed E-state index contributed by atoms with van der Waals surface area (Å²) in [6.07, 6.45) is 0. The van der Waals surface area contributed by atoms with Crippen molar-refractivity contribution < 1.29 is 9.88 Å². The van der Waals surface area contributed by atoms with E-state index in [4.69, 9.17) is 0 Å². The highest BCUT2D eigenvalue weighted by Crippen LogP contribution is 1.60. The third-order valence-electron chi connectivity index (χ3n) is 0.186. The summed E-state index contributed by atoms with van der Waals surface area (Å²) in [6.45, 7) is 2.28. The van der Waals surface area contributed by atoms with Gasteiger partial charge in [0.15, 0.2) is 0 Å². The van der Waals surface area contributed by atoms with Gasteiger partial charge in [0.05, 0.1) is 6.61 Å². The summed E-state index contributed by atoms with van der Waals surface area (Å²) in [5.41, 5.74) is 0. The van der Waals surface area contributed by atoms with Crippen LogP contribution >= 0.6 is 0 Å². The van der Waals surface area contributed by atoms with Crippen LogP contribution in [0.3, 0.4) is 0 Å². The topological polar surface area (TPSA) is 44.5 Å². The lowest BCUT2D eigenvalue weighted by Crippen LogP contribution is -1.98. The molecule has 0 aliphatic carbocycles. The fourth-order valence-corrected chi connectivity index (χ4v) is 0.0680. The molecular weight excluding hydrogens is 70.0 g/mol. The number of hydrogen-bond acceptors (Lipinski definition) is 3. The molecule has 0 heterocycles. The molecule has 0 spiro atoms. The van der Waals surface area contributed by atoms with Gasteiger partial charge in [-0.25, -0.2) is 4.89 Å². The quantitative estimate of drug-likeness (QED) is 0.367. The van der Waals surface area contributed by atoms with Crippen molar-refractivity contribution in [2.75, 3.05) is 6.61 Å². The Morgan fingerprint density at radius 3 is 2.40 bits per heavy atom. The Bertz CT molecular complexity index is 15.1. The lowest BCUT2D eigenvalue weighted by atomic mass is 10.9. The summed E-state index contributed by atoms with van der Waals surface area (Å²) in [5, 5.41) is 0. The first-order chi connectivity index (χ1) is 2.41. The van der Waals surface area contributed by atoms with Crippen LogP contribution in [0.5, 0.6) is 0 Å². The highest BCUT2D eigenvalue weighted by Gasteiger charge is 1.64. The standard InChI is InChI=1S/C2H7NO2/c1-2-4-5-3/h2-3H2,1H3. The summed E-state index contributed by atoms with van der Waals surface area (Å²) in [6, 6.07) is 0. The van der Waals surface area contributed by atoms with Gasteiger partial charge >= 0.3 is 0 Å². The molecule has 5 heavy (non-hydrogen) atoms. The van der Waals surface area contributed by atoms with Crippen molar-refractivity contribution >= 4 is 0 Å². The van der Waals surface area contributed by atoms with Crippen molar-refractivity contribution in [2.24, 2.45) is 5.90 Å². The van der Waals surface area contributed by atoms with Crippen LogP contribution in [0.25, 0.3) is 0 Å². The highest BCUT2D eigenvalue weighted by molar-refractivity contribution is 3.90. The lowest BCUT2D eigenvalue weighted by molar-refractivity contribution is -0.296. The van der Waals surface area contributed by atoms with E-state index in [0.717, 1.165) is 0 Å².